The van der Waals surface area contributed by atoms with Gasteiger partial charge in [-0.1, -0.05) is 30.3 Å². The molecule has 1 heterocycles. The molecule has 0 saturated carbocycles. The molecule has 1 aromatic carbocycles. The number of carbonyl (C=O) groups is 1. The Morgan fingerprint density at radius 1 is 1.39 bits per heavy atom. The average molecular weight is 247 g/mol. The van der Waals surface area contributed by atoms with Crippen LogP contribution in [0.3, 0.4) is 0 Å². The highest BCUT2D eigenvalue weighted by Crippen LogP contribution is 2.29. The normalized spacial score (nSPS) is 25.4. The first kappa shape index (κ1) is 13.1. The van der Waals surface area contributed by atoms with Crippen LogP contribution >= 0.6 is 0 Å². The van der Waals surface area contributed by atoms with Crippen molar-refractivity contribution in [1.29, 1.82) is 0 Å². The van der Waals surface area contributed by atoms with Crippen LogP contribution in [-0.2, 0) is 9.53 Å². The molecule has 18 heavy (non-hydrogen) atoms. The first-order valence-corrected chi connectivity index (χ1v) is 6.58. The summed E-state index contributed by atoms with van der Waals surface area (Å²) in [5, 5.41) is 3.27. The number of piperidine rings is 1. The number of rotatable bonds is 3. The van der Waals surface area contributed by atoms with Gasteiger partial charge in [-0.05, 0) is 38.8 Å². The number of hydrogen-bond donors (Lipinski definition) is 1. The van der Waals surface area contributed by atoms with Gasteiger partial charge in [-0.3, -0.25) is 4.79 Å². The fourth-order valence-electron chi connectivity index (χ4n) is 2.33. The van der Waals surface area contributed by atoms with Crippen LogP contribution in [0.5, 0.6) is 0 Å². The standard InChI is InChI=1S/C15H21NO2/c1-12(13-7-4-3-5-8-13)18-14(17)15(2)9-6-10-16-11-15/h3-5,7-8,12,16H,6,9-11H2,1-2H3. The van der Waals surface area contributed by atoms with E-state index < -0.39 is 0 Å². The first-order valence-electron chi connectivity index (χ1n) is 6.58. The van der Waals surface area contributed by atoms with Crippen molar-refractivity contribution in [2.75, 3.05) is 13.1 Å². The first-order chi connectivity index (χ1) is 8.62. The molecule has 0 amide bonds. The molecule has 1 fully saturated rings. The summed E-state index contributed by atoms with van der Waals surface area (Å²) >= 11 is 0. The van der Waals surface area contributed by atoms with Crippen LogP contribution in [-0.4, -0.2) is 19.1 Å². The van der Waals surface area contributed by atoms with E-state index in [1.54, 1.807) is 0 Å². The molecule has 1 aromatic rings. The molecular formula is C15H21NO2. The second-order valence-corrected chi connectivity index (χ2v) is 5.30. The molecule has 0 radical (unpaired) electrons. The predicted molar refractivity (Wildman–Crippen MR) is 71.2 cm³/mol. The van der Waals surface area contributed by atoms with Gasteiger partial charge in [0.15, 0.2) is 0 Å². The van der Waals surface area contributed by atoms with Crippen LogP contribution < -0.4 is 5.32 Å². The number of ether oxygens (including phenoxy) is 1. The quantitative estimate of drug-likeness (QED) is 0.835. The van der Waals surface area contributed by atoms with Gasteiger partial charge in [0.1, 0.15) is 6.10 Å². The maximum absolute atomic E-state index is 12.2. The Morgan fingerprint density at radius 3 is 2.72 bits per heavy atom. The number of benzene rings is 1. The van der Waals surface area contributed by atoms with Gasteiger partial charge in [-0.2, -0.15) is 0 Å². The Balaban J connectivity index is 1.98. The highest BCUT2D eigenvalue weighted by atomic mass is 16.5. The number of nitrogens with one attached hydrogen (secondary N) is 1. The minimum Gasteiger partial charge on any atom is -0.457 e. The van der Waals surface area contributed by atoms with Crippen molar-refractivity contribution in [2.24, 2.45) is 5.41 Å². The fourth-order valence-corrected chi connectivity index (χ4v) is 2.33. The van der Waals surface area contributed by atoms with Gasteiger partial charge in [0.25, 0.3) is 0 Å². The molecule has 1 saturated heterocycles. The van der Waals surface area contributed by atoms with Crippen LogP contribution in [0, 0.1) is 5.41 Å². The van der Waals surface area contributed by atoms with Crippen LogP contribution in [0.4, 0.5) is 0 Å². The van der Waals surface area contributed by atoms with Gasteiger partial charge < -0.3 is 10.1 Å². The van der Waals surface area contributed by atoms with Crippen molar-refractivity contribution in [2.45, 2.75) is 32.8 Å². The number of carbonyl (C=O) groups excluding carboxylic acids is 1. The third-order valence-electron chi connectivity index (χ3n) is 3.64. The van der Waals surface area contributed by atoms with E-state index in [4.69, 9.17) is 4.74 Å². The van der Waals surface area contributed by atoms with E-state index in [9.17, 15) is 4.79 Å². The molecule has 1 aliphatic heterocycles. The molecule has 1 aliphatic rings. The number of hydrogen-bond acceptors (Lipinski definition) is 3. The van der Waals surface area contributed by atoms with E-state index in [-0.39, 0.29) is 17.5 Å². The molecule has 2 rings (SSSR count). The molecule has 2 atom stereocenters. The smallest absolute Gasteiger partial charge is 0.313 e. The lowest BCUT2D eigenvalue weighted by molar-refractivity contribution is -0.161. The maximum atomic E-state index is 12.2. The third-order valence-corrected chi connectivity index (χ3v) is 3.64. The van der Waals surface area contributed by atoms with Gasteiger partial charge in [-0.25, -0.2) is 0 Å². The number of esters is 1. The van der Waals surface area contributed by atoms with E-state index in [1.807, 2.05) is 44.2 Å². The summed E-state index contributed by atoms with van der Waals surface area (Å²) in [6.45, 7) is 5.62. The van der Waals surface area contributed by atoms with E-state index >= 15 is 0 Å². The Labute approximate surface area is 109 Å². The zero-order valence-electron chi connectivity index (χ0n) is 11.1. The third kappa shape index (κ3) is 2.91. The van der Waals surface area contributed by atoms with Crippen molar-refractivity contribution in [3.8, 4) is 0 Å². The van der Waals surface area contributed by atoms with Crippen LogP contribution in [0.2, 0.25) is 0 Å². The lowest BCUT2D eigenvalue weighted by Gasteiger charge is -2.32. The zero-order chi connectivity index (χ0) is 13.0. The predicted octanol–water partition coefficient (Wildman–Crippen LogP) is 2.68. The summed E-state index contributed by atoms with van der Waals surface area (Å²) in [4.78, 5) is 12.2. The Kier molecular flexibility index (Phi) is 4.02. The van der Waals surface area contributed by atoms with Crippen molar-refractivity contribution in [3.63, 3.8) is 0 Å². The van der Waals surface area contributed by atoms with Crippen molar-refractivity contribution in [1.82, 2.24) is 5.32 Å². The molecule has 3 heteroatoms. The molecule has 1 N–H and O–H groups in total. The second-order valence-electron chi connectivity index (χ2n) is 5.30. The van der Waals surface area contributed by atoms with E-state index in [0.29, 0.717) is 6.54 Å². The highest BCUT2D eigenvalue weighted by Gasteiger charge is 2.37. The maximum Gasteiger partial charge on any atom is 0.313 e. The monoisotopic (exact) mass is 247 g/mol. The summed E-state index contributed by atoms with van der Waals surface area (Å²) < 4.78 is 5.60. The van der Waals surface area contributed by atoms with E-state index in [1.165, 1.54) is 0 Å². The van der Waals surface area contributed by atoms with Crippen LogP contribution in [0.25, 0.3) is 0 Å². The topological polar surface area (TPSA) is 38.3 Å². The molecule has 3 nitrogen and oxygen atoms in total. The van der Waals surface area contributed by atoms with Gasteiger partial charge in [0.05, 0.1) is 5.41 Å². The van der Waals surface area contributed by atoms with Crippen molar-refractivity contribution in [3.05, 3.63) is 35.9 Å². The summed E-state index contributed by atoms with van der Waals surface area (Å²) in [6, 6.07) is 9.86. The highest BCUT2D eigenvalue weighted by molar-refractivity contribution is 5.77. The van der Waals surface area contributed by atoms with Gasteiger partial charge in [0, 0.05) is 6.54 Å². The van der Waals surface area contributed by atoms with Crippen LogP contribution in [0.15, 0.2) is 30.3 Å². The summed E-state index contributed by atoms with van der Waals surface area (Å²) in [6.07, 6.45) is 1.75. The van der Waals surface area contributed by atoms with Gasteiger partial charge in [0.2, 0.25) is 0 Å². The average Bonchev–Trinajstić information content (AvgIpc) is 2.40. The molecule has 0 bridgehead atoms. The fraction of sp³-hybridized carbons (Fsp3) is 0.533. The molecule has 98 valence electrons. The Morgan fingerprint density at radius 2 is 2.11 bits per heavy atom. The van der Waals surface area contributed by atoms with Gasteiger partial charge in [-0.15, -0.1) is 0 Å². The Hall–Kier alpha value is -1.35. The summed E-state index contributed by atoms with van der Waals surface area (Å²) in [7, 11) is 0. The van der Waals surface area contributed by atoms with Crippen molar-refractivity contribution >= 4 is 5.97 Å². The molecule has 0 spiro atoms. The largest absolute Gasteiger partial charge is 0.457 e. The Bertz CT molecular complexity index is 396. The van der Waals surface area contributed by atoms with Crippen LogP contribution in [0.1, 0.15) is 38.4 Å². The lowest BCUT2D eigenvalue weighted by Crippen LogP contribution is -2.44. The second kappa shape index (κ2) is 5.53. The minimum absolute atomic E-state index is 0.0916. The summed E-state index contributed by atoms with van der Waals surface area (Å²) in [5.74, 6) is -0.0916. The van der Waals surface area contributed by atoms with Crippen molar-refractivity contribution < 1.29 is 9.53 Å². The molecule has 0 aromatic heterocycles. The molecule has 2 unspecified atom stereocenters. The zero-order valence-corrected chi connectivity index (χ0v) is 11.1. The summed E-state index contributed by atoms with van der Waals surface area (Å²) in [5.41, 5.74) is 0.666. The minimum atomic E-state index is -0.374. The SMILES string of the molecule is CC(OC(=O)C1(C)CCCNC1)c1ccccc1. The van der Waals surface area contributed by atoms with Gasteiger partial charge >= 0.3 is 5.97 Å². The molecular weight excluding hydrogens is 226 g/mol. The lowest BCUT2D eigenvalue weighted by atomic mass is 9.83. The van der Waals surface area contributed by atoms with E-state index in [2.05, 4.69) is 5.32 Å². The van der Waals surface area contributed by atoms with E-state index in [0.717, 1.165) is 24.9 Å². The molecule has 0 aliphatic carbocycles.